The zero-order valence-corrected chi connectivity index (χ0v) is 21.7. The highest BCUT2D eigenvalue weighted by atomic mass is 35.5. The maximum Gasteiger partial charge on any atom is 0.267 e. The van der Waals surface area contributed by atoms with Crippen molar-refractivity contribution in [1.29, 1.82) is 0 Å². The highest BCUT2D eigenvalue weighted by molar-refractivity contribution is 6.30. The molecule has 2 aromatic carbocycles. The van der Waals surface area contributed by atoms with Crippen LogP contribution in [-0.2, 0) is 0 Å². The van der Waals surface area contributed by atoms with E-state index in [0.29, 0.717) is 28.3 Å². The van der Waals surface area contributed by atoms with Gasteiger partial charge in [-0.1, -0.05) is 29.8 Å². The van der Waals surface area contributed by atoms with Crippen LogP contribution < -0.4 is 21.9 Å². The summed E-state index contributed by atoms with van der Waals surface area (Å²) in [4.78, 5) is 34.9. The fourth-order valence-electron chi connectivity index (χ4n) is 5.12. The lowest BCUT2D eigenvalue weighted by atomic mass is 10.1. The Balaban J connectivity index is 1.28. The van der Waals surface area contributed by atoms with E-state index in [9.17, 15) is 9.59 Å². The molecule has 39 heavy (non-hydrogen) atoms. The molecule has 1 saturated heterocycles. The number of hydrogen-bond acceptors (Lipinski definition) is 6. The van der Waals surface area contributed by atoms with Crippen molar-refractivity contribution < 1.29 is 4.79 Å². The molecule has 4 N–H and O–H groups in total. The molecule has 0 bridgehead atoms. The van der Waals surface area contributed by atoms with Gasteiger partial charge in [-0.05, 0) is 74.0 Å². The molecule has 0 aliphatic carbocycles. The topological polar surface area (TPSA) is 120 Å². The lowest BCUT2D eigenvalue weighted by molar-refractivity contribution is 0.102. The van der Waals surface area contributed by atoms with Crippen molar-refractivity contribution in [3.8, 4) is 16.8 Å². The Bertz CT molecular complexity index is 1740. The van der Waals surface area contributed by atoms with E-state index >= 15 is 0 Å². The Morgan fingerprint density at radius 3 is 2.62 bits per heavy atom. The lowest BCUT2D eigenvalue weighted by Crippen LogP contribution is -2.29. The van der Waals surface area contributed by atoms with E-state index in [-0.39, 0.29) is 5.56 Å². The third kappa shape index (κ3) is 4.78. The van der Waals surface area contributed by atoms with Crippen molar-refractivity contribution in [3.05, 3.63) is 100 Å². The molecule has 6 rings (SSSR count). The fraction of sp³-hybridized carbons (Fsp3) is 0.172. The predicted octanol–water partition coefficient (Wildman–Crippen LogP) is 4.66. The van der Waals surface area contributed by atoms with E-state index in [1.807, 2.05) is 12.1 Å². The average molecular weight is 540 g/mol. The van der Waals surface area contributed by atoms with Gasteiger partial charge >= 0.3 is 0 Å². The standard InChI is InChI=1S/C29H26ClN7O2/c30-19-3-1-4-22(15-19)36-14-2-5-23(29(36)39)28(38)35-20-8-6-18(7-9-20)24-16-37(21-10-12-32-13-11-21)27-25(24)26(31)33-17-34-27/h1-9,14-17,21,32H,10-13H2,(H,35,38)(H2,31,33,34). The van der Waals surface area contributed by atoms with Crippen LogP contribution in [-0.4, -0.2) is 38.1 Å². The summed E-state index contributed by atoms with van der Waals surface area (Å²) in [5.41, 5.74) is 9.72. The Morgan fingerprint density at radius 1 is 1.05 bits per heavy atom. The van der Waals surface area contributed by atoms with Gasteiger partial charge in [0.05, 0.1) is 11.1 Å². The zero-order valence-electron chi connectivity index (χ0n) is 21.0. The molecule has 9 nitrogen and oxygen atoms in total. The summed E-state index contributed by atoms with van der Waals surface area (Å²) in [6.07, 6.45) is 7.23. The number of piperidine rings is 1. The lowest BCUT2D eigenvalue weighted by Gasteiger charge is -2.24. The van der Waals surface area contributed by atoms with E-state index in [4.69, 9.17) is 17.3 Å². The number of carbonyl (C=O) groups excluding carboxylic acids is 1. The number of carbonyl (C=O) groups is 1. The van der Waals surface area contributed by atoms with Crippen LogP contribution in [0, 0.1) is 0 Å². The quantitative estimate of drug-likeness (QED) is 0.299. The van der Waals surface area contributed by atoms with E-state index in [1.165, 1.54) is 17.0 Å². The number of aromatic nitrogens is 4. The van der Waals surface area contributed by atoms with Crippen molar-refractivity contribution in [2.75, 3.05) is 24.1 Å². The second-order valence-electron chi connectivity index (χ2n) is 9.50. The number of nitrogens with one attached hydrogen (secondary N) is 2. The number of hydrogen-bond donors (Lipinski definition) is 3. The minimum Gasteiger partial charge on any atom is -0.383 e. The van der Waals surface area contributed by atoms with Gasteiger partial charge in [0.1, 0.15) is 23.4 Å². The number of fused-ring (bicyclic) bond motifs is 1. The molecule has 1 aliphatic rings. The predicted molar refractivity (Wildman–Crippen MR) is 154 cm³/mol. The largest absolute Gasteiger partial charge is 0.383 e. The van der Waals surface area contributed by atoms with Crippen LogP contribution in [0.3, 0.4) is 0 Å². The molecule has 1 amide bonds. The second kappa shape index (κ2) is 10.4. The summed E-state index contributed by atoms with van der Waals surface area (Å²) in [5, 5.41) is 7.55. The maximum absolute atomic E-state index is 13.1. The van der Waals surface area contributed by atoms with Crippen molar-refractivity contribution in [2.24, 2.45) is 0 Å². The van der Waals surface area contributed by atoms with Crippen LogP contribution in [0.5, 0.6) is 0 Å². The molecular weight excluding hydrogens is 514 g/mol. The van der Waals surface area contributed by atoms with Gasteiger partial charge in [0.25, 0.3) is 11.5 Å². The minimum absolute atomic E-state index is 0.0246. The Labute approximate surface area is 229 Å². The first kappa shape index (κ1) is 24.8. The van der Waals surface area contributed by atoms with Crippen molar-refractivity contribution in [3.63, 3.8) is 0 Å². The van der Waals surface area contributed by atoms with Crippen LogP contribution >= 0.6 is 11.6 Å². The molecule has 1 aliphatic heterocycles. The number of nitrogen functional groups attached to an aromatic ring is 1. The molecule has 1 fully saturated rings. The summed E-state index contributed by atoms with van der Waals surface area (Å²) in [6.45, 7) is 1.92. The number of rotatable bonds is 5. The number of benzene rings is 2. The summed E-state index contributed by atoms with van der Waals surface area (Å²) in [6, 6.07) is 17.8. The SMILES string of the molecule is Nc1ncnc2c1c(-c1ccc(NC(=O)c3cccn(-c4cccc(Cl)c4)c3=O)cc1)cn2C1CCNCC1. The Kier molecular flexibility index (Phi) is 6.60. The Morgan fingerprint density at radius 2 is 1.85 bits per heavy atom. The maximum atomic E-state index is 13.1. The smallest absolute Gasteiger partial charge is 0.267 e. The number of nitrogens with zero attached hydrogens (tertiary/aromatic N) is 4. The minimum atomic E-state index is -0.496. The number of amides is 1. The summed E-state index contributed by atoms with van der Waals surface area (Å²) in [5.74, 6) is -0.0654. The van der Waals surface area contributed by atoms with Gasteiger partial charge < -0.3 is 20.9 Å². The van der Waals surface area contributed by atoms with Gasteiger partial charge in [0.15, 0.2) is 0 Å². The highest BCUT2D eigenvalue weighted by Crippen LogP contribution is 2.36. The van der Waals surface area contributed by atoms with Crippen LogP contribution in [0.4, 0.5) is 11.5 Å². The fourth-order valence-corrected chi connectivity index (χ4v) is 5.30. The number of halogens is 1. The molecule has 4 heterocycles. The third-order valence-electron chi connectivity index (χ3n) is 7.07. The van der Waals surface area contributed by atoms with Crippen LogP contribution in [0.1, 0.15) is 29.2 Å². The number of nitrogens with two attached hydrogens (primary N) is 1. The number of anilines is 2. The van der Waals surface area contributed by atoms with Gasteiger partial charge in [-0.25, -0.2) is 9.97 Å². The second-order valence-corrected chi connectivity index (χ2v) is 9.93. The zero-order chi connectivity index (χ0) is 26.9. The van der Waals surface area contributed by atoms with E-state index in [0.717, 1.165) is 48.1 Å². The van der Waals surface area contributed by atoms with Gasteiger partial charge in [-0.15, -0.1) is 0 Å². The first-order valence-corrected chi connectivity index (χ1v) is 13.1. The van der Waals surface area contributed by atoms with Gasteiger partial charge in [0.2, 0.25) is 0 Å². The van der Waals surface area contributed by atoms with Crippen molar-refractivity contribution >= 4 is 40.0 Å². The van der Waals surface area contributed by atoms with Gasteiger partial charge in [-0.3, -0.25) is 14.2 Å². The first-order valence-electron chi connectivity index (χ1n) is 12.7. The molecule has 0 radical (unpaired) electrons. The average Bonchev–Trinajstić information content (AvgIpc) is 3.35. The molecule has 10 heteroatoms. The van der Waals surface area contributed by atoms with Crippen LogP contribution in [0.15, 0.2) is 84.2 Å². The third-order valence-corrected chi connectivity index (χ3v) is 7.31. The molecule has 196 valence electrons. The molecule has 0 unspecified atom stereocenters. The Hall–Kier alpha value is -4.47. The molecule has 0 atom stereocenters. The monoisotopic (exact) mass is 539 g/mol. The number of pyridine rings is 1. The van der Waals surface area contributed by atoms with E-state index in [2.05, 4.69) is 31.4 Å². The molecule has 5 aromatic rings. The summed E-state index contributed by atoms with van der Waals surface area (Å²) < 4.78 is 3.61. The van der Waals surface area contributed by atoms with Crippen molar-refractivity contribution in [1.82, 2.24) is 24.4 Å². The van der Waals surface area contributed by atoms with Crippen molar-refractivity contribution in [2.45, 2.75) is 18.9 Å². The van der Waals surface area contributed by atoms with E-state index in [1.54, 1.807) is 48.7 Å². The van der Waals surface area contributed by atoms with Crippen LogP contribution in [0.2, 0.25) is 5.02 Å². The molecule has 3 aromatic heterocycles. The summed E-state index contributed by atoms with van der Waals surface area (Å²) in [7, 11) is 0. The molecular formula is C29H26ClN7O2. The summed E-state index contributed by atoms with van der Waals surface area (Å²) >= 11 is 6.08. The van der Waals surface area contributed by atoms with E-state index < -0.39 is 11.5 Å². The first-order chi connectivity index (χ1) is 19.0. The molecule has 0 saturated carbocycles. The highest BCUT2D eigenvalue weighted by Gasteiger charge is 2.22. The molecule has 0 spiro atoms. The normalized spacial score (nSPS) is 14.0. The van der Waals surface area contributed by atoms with Crippen LogP contribution in [0.25, 0.3) is 27.8 Å². The van der Waals surface area contributed by atoms with Gasteiger partial charge in [0, 0.05) is 34.7 Å². The van der Waals surface area contributed by atoms with Gasteiger partial charge in [-0.2, -0.15) is 0 Å².